The molecular formula is C10H21NO3. The Morgan fingerprint density at radius 1 is 1.43 bits per heavy atom. The van der Waals surface area contributed by atoms with Crippen molar-refractivity contribution in [2.45, 2.75) is 20.0 Å². The quantitative estimate of drug-likeness (QED) is 0.578. The number of hydrogen-bond acceptors (Lipinski definition) is 4. The molecular weight excluding hydrogens is 182 g/mol. The normalized spacial score (nSPS) is 11.3. The fourth-order valence-corrected chi connectivity index (χ4v) is 1.03. The van der Waals surface area contributed by atoms with Crippen LogP contribution in [0.25, 0.3) is 0 Å². The van der Waals surface area contributed by atoms with E-state index in [1.54, 1.807) is 0 Å². The first-order valence-corrected chi connectivity index (χ1v) is 4.87. The first-order chi connectivity index (χ1) is 6.56. The zero-order valence-electron chi connectivity index (χ0n) is 9.58. The zero-order chi connectivity index (χ0) is 11.0. The molecule has 0 saturated carbocycles. The van der Waals surface area contributed by atoms with Gasteiger partial charge < -0.3 is 9.47 Å². The maximum atomic E-state index is 11.1. The number of ketones is 1. The monoisotopic (exact) mass is 203 g/mol. The molecule has 0 amide bonds. The SMILES string of the molecule is COCC(=O)CN(C)CCOC(C)C. The maximum Gasteiger partial charge on any atom is 0.172 e. The van der Waals surface area contributed by atoms with Gasteiger partial charge in [0.15, 0.2) is 5.78 Å². The predicted molar refractivity (Wildman–Crippen MR) is 55.5 cm³/mol. The second-order valence-electron chi connectivity index (χ2n) is 3.63. The summed E-state index contributed by atoms with van der Waals surface area (Å²) >= 11 is 0. The van der Waals surface area contributed by atoms with Crippen LogP contribution in [0.1, 0.15) is 13.8 Å². The highest BCUT2D eigenvalue weighted by Crippen LogP contribution is 1.90. The number of hydrogen-bond donors (Lipinski definition) is 0. The van der Waals surface area contributed by atoms with Crippen LogP contribution >= 0.6 is 0 Å². The lowest BCUT2D eigenvalue weighted by Crippen LogP contribution is -2.31. The molecule has 0 aromatic heterocycles. The second kappa shape index (κ2) is 7.91. The van der Waals surface area contributed by atoms with Gasteiger partial charge in [0.25, 0.3) is 0 Å². The van der Waals surface area contributed by atoms with Crippen molar-refractivity contribution in [3.63, 3.8) is 0 Å². The molecule has 0 unspecified atom stereocenters. The predicted octanol–water partition coefficient (Wildman–Crippen LogP) is 0.559. The van der Waals surface area contributed by atoms with Gasteiger partial charge in [-0.25, -0.2) is 0 Å². The van der Waals surface area contributed by atoms with Gasteiger partial charge in [-0.05, 0) is 20.9 Å². The lowest BCUT2D eigenvalue weighted by molar-refractivity contribution is -0.123. The molecule has 0 spiro atoms. The first-order valence-electron chi connectivity index (χ1n) is 4.87. The van der Waals surface area contributed by atoms with Gasteiger partial charge in [0.2, 0.25) is 0 Å². The molecule has 0 radical (unpaired) electrons. The summed E-state index contributed by atoms with van der Waals surface area (Å²) in [6.45, 7) is 6.04. The van der Waals surface area contributed by atoms with Gasteiger partial charge in [0.05, 0.1) is 19.3 Å². The summed E-state index contributed by atoms with van der Waals surface area (Å²) < 4.78 is 10.1. The number of Topliss-reactive ketones (excluding diaryl/α,β-unsaturated/α-hetero) is 1. The van der Waals surface area contributed by atoms with Crippen molar-refractivity contribution in [1.29, 1.82) is 0 Å². The lowest BCUT2D eigenvalue weighted by Gasteiger charge is -2.16. The van der Waals surface area contributed by atoms with Crippen molar-refractivity contribution in [2.75, 3.05) is 40.5 Å². The van der Waals surface area contributed by atoms with Gasteiger partial charge in [0, 0.05) is 13.7 Å². The summed E-state index contributed by atoms with van der Waals surface area (Å²) in [4.78, 5) is 13.1. The third-order valence-electron chi connectivity index (χ3n) is 1.68. The fourth-order valence-electron chi connectivity index (χ4n) is 1.03. The Balaban J connectivity index is 3.44. The highest BCUT2D eigenvalue weighted by Gasteiger charge is 2.05. The molecule has 0 atom stereocenters. The molecule has 0 aliphatic rings. The van der Waals surface area contributed by atoms with Gasteiger partial charge in [-0.15, -0.1) is 0 Å². The first kappa shape index (κ1) is 13.5. The van der Waals surface area contributed by atoms with Crippen LogP contribution in [-0.2, 0) is 14.3 Å². The van der Waals surface area contributed by atoms with Gasteiger partial charge >= 0.3 is 0 Å². The van der Waals surface area contributed by atoms with E-state index in [1.165, 1.54) is 7.11 Å². The maximum absolute atomic E-state index is 11.1. The van der Waals surface area contributed by atoms with E-state index in [1.807, 2.05) is 25.8 Å². The van der Waals surface area contributed by atoms with Gasteiger partial charge in [-0.2, -0.15) is 0 Å². The molecule has 0 aromatic rings. The third-order valence-corrected chi connectivity index (χ3v) is 1.68. The van der Waals surface area contributed by atoms with Crippen LogP contribution in [0.3, 0.4) is 0 Å². The molecule has 0 bridgehead atoms. The molecule has 4 heteroatoms. The van der Waals surface area contributed by atoms with Crippen molar-refractivity contribution in [1.82, 2.24) is 4.90 Å². The van der Waals surface area contributed by atoms with Crippen LogP contribution in [0, 0.1) is 0 Å². The number of carbonyl (C=O) groups is 1. The van der Waals surface area contributed by atoms with Crippen LogP contribution in [0.5, 0.6) is 0 Å². The molecule has 0 heterocycles. The van der Waals surface area contributed by atoms with Crippen molar-refractivity contribution in [3.8, 4) is 0 Å². The molecule has 0 aromatic carbocycles. The summed E-state index contributed by atoms with van der Waals surface area (Å²) in [5.41, 5.74) is 0. The van der Waals surface area contributed by atoms with E-state index < -0.39 is 0 Å². The van der Waals surface area contributed by atoms with E-state index >= 15 is 0 Å². The Hall–Kier alpha value is -0.450. The molecule has 0 rings (SSSR count). The van der Waals surface area contributed by atoms with Crippen molar-refractivity contribution in [3.05, 3.63) is 0 Å². The van der Waals surface area contributed by atoms with E-state index in [0.717, 1.165) is 6.54 Å². The highest BCUT2D eigenvalue weighted by molar-refractivity contribution is 5.81. The van der Waals surface area contributed by atoms with E-state index in [4.69, 9.17) is 9.47 Å². The number of ether oxygens (including phenoxy) is 2. The fraction of sp³-hybridized carbons (Fsp3) is 0.900. The van der Waals surface area contributed by atoms with E-state index in [2.05, 4.69) is 0 Å². The number of likely N-dealkylation sites (N-methyl/N-ethyl adjacent to an activating group) is 1. The largest absolute Gasteiger partial charge is 0.377 e. The molecule has 84 valence electrons. The van der Waals surface area contributed by atoms with Crippen LogP contribution in [0.2, 0.25) is 0 Å². The minimum atomic E-state index is 0.0968. The molecule has 0 saturated heterocycles. The number of carbonyl (C=O) groups excluding carboxylic acids is 1. The van der Waals surface area contributed by atoms with Crippen molar-refractivity contribution in [2.24, 2.45) is 0 Å². The zero-order valence-corrected chi connectivity index (χ0v) is 9.58. The number of rotatable bonds is 8. The minimum Gasteiger partial charge on any atom is -0.377 e. The summed E-state index contributed by atoms with van der Waals surface area (Å²) in [6, 6.07) is 0. The Morgan fingerprint density at radius 2 is 2.07 bits per heavy atom. The van der Waals surface area contributed by atoms with Gasteiger partial charge in [0.1, 0.15) is 6.61 Å². The molecule has 0 aliphatic heterocycles. The number of nitrogens with zero attached hydrogens (tertiary/aromatic N) is 1. The topological polar surface area (TPSA) is 38.8 Å². The van der Waals surface area contributed by atoms with Crippen molar-refractivity contribution < 1.29 is 14.3 Å². The molecule has 0 N–H and O–H groups in total. The molecule has 14 heavy (non-hydrogen) atoms. The lowest BCUT2D eigenvalue weighted by atomic mass is 10.4. The Kier molecular flexibility index (Phi) is 7.65. The van der Waals surface area contributed by atoms with Crippen LogP contribution in [0.15, 0.2) is 0 Å². The standard InChI is InChI=1S/C10H21NO3/c1-9(2)14-6-5-11(3)7-10(12)8-13-4/h9H,5-8H2,1-4H3. The molecule has 4 nitrogen and oxygen atoms in total. The van der Waals surface area contributed by atoms with Gasteiger partial charge in [-0.1, -0.05) is 0 Å². The Bertz CT molecular complexity index is 159. The summed E-state index contributed by atoms with van der Waals surface area (Å²) in [5, 5.41) is 0. The van der Waals surface area contributed by atoms with Crippen molar-refractivity contribution >= 4 is 5.78 Å². The Morgan fingerprint density at radius 3 is 2.57 bits per heavy atom. The average molecular weight is 203 g/mol. The van der Waals surface area contributed by atoms with Crippen LogP contribution in [-0.4, -0.2) is 57.2 Å². The van der Waals surface area contributed by atoms with Crippen LogP contribution in [0.4, 0.5) is 0 Å². The van der Waals surface area contributed by atoms with E-state index in [9.17, 15) is 4.79 Å². The molecule has 0 fully saturated rings. The third kappa shape index (κ3) is 8.16. The summed E-state index contributed by atoms with van der Waals surface area (Å²) in [5.74, 6) is 0.0968. The minimum absolute atomic E-state index is 0.0968. The smallest absolute Gasteiger partial charge is 0.172 e. The molecule has 0 aliphatic carbocycles. The average Bonchev–Trinajstić information content (AvgIpc) is 2.03. The summed E-state index contributed by atoms with van der Waals surface area (Å²) in [7, 11) is 3.43. The number of methoxy groups -OCH3 is 1. The Labute approximate surface area is 86.2 Å². The van der Waals surface area contributed by atoms with E-state index in [-0.39, 0.29) is 18.5 Å². The highest BCUT2D eigenvalue weighted by atomic mass is 16.5. The van der Waals surface area contributed by atoms with Crippen LogP contribution < -0.4 is 0 Å². The van der Waals surface area contributed by atoms with Gasteiger partial charge in [-0.3, -0.25) is 9.69 Å². The summed E-state index contributed by atoms with van der Waals surface area (Å²) in [6.07, 6.45) is 0.248. The second-order valence-corrected chi connectivity index (χ2v) is 3.63. The van der Waals surface area contributed by atoms with E-state index in [0.29, 0.717) is 13.2 Å².